The molecular weight excluding hydrogens is 307 g/mol. The van der Waals surface area contributed by atoms with Crippen LogP contribution >= 0.6 is 0 Å². The molecule has 98 valence electrons. The van der Waals surface area contributed by atoms with Crippen LogP contribution in [-0.4, -0.2) is 26.0 Å². The van der Waals surface area contributed by atoms with E-state index in [0.717, 1.165) is 15.1 Å². The van der Waals surface area contributed by atoms with Crippen LogP contribution < -0.4 is 55.7 Å². The maximum atomic E-state index is 11.7. The third-order valence-electron chi connectivity index (χ3n) is 2.89. The fourth-order valence-electron chi connectivity index (χ4n) is 2.04. The van der Waals surface area contributed by atoms with Gasteiger partial charge in [-0.05, 0) is 22.9 Å². The van der Waals surface area contributed by atoms with Gasteiger partial charge in [0.25, 0.3) is 0 Å². The predicted octanol–water partition coefficient (Wildman–Crippen LogP) is -1.49. The normalized spacial score (nSPS) is 16.8. The first-order valence-corrected chi connectivity index (χ1v) is 6.87. The molecule has 1 fully saturated rings. The maximum Gasteiger partial charge on any atom is 1.00 e. The molecule has 0 radical (unpaired) electrons. The molecule has 6 nitrogen and oxygen atoms in total. The van der Waals surface area contributed by atoms with Crippen molar-refractivity contribution in [2.24, 2.45) is 0 Å². The summed E-state index contributed by atoms with van der Waals surface area (Å²) in [5, 5.41) is 11.5. The molecule has 1 N–H and O–H groups in total. The van der Waals surface area contributed by atoms with E-state index in [1.807, 2.05) is 6.07 Å². The van der Waals surface area contributed by atoms with Crippen LogP contribution in [0.1, 0.15) is 0 Å². The average molecular weight is 316 g/mol. The smallest absolute Gasteiger partial charge is 0.526 e. The summed E-state index contributed by atoms with van der Waals surface area (Å²) in [6.45, 7) is -0.381. The number of aromatic hydroxyl groups is 1. The first kappa shape index (κ1) is 15.7. The van der Waals surface area contributed by atoms with Crippen LogP contribution in [0, 0.1) is 0 Å². The fraction of sp³-hybridized carbons (Fsp3) is 0.0833. The van der Waals surface area contributed by atoms with Crippen LogP contribution in [0.25, 0.3) is 15.5 Å². The first-order chi connectivity index (χ1) is 8.97. The predicted molar refractivity (Wildman–Crippen MR) is 70.2 cm³/mol. The summed E-state index contributed by atoms with van der Waals surface area (Å²) in [7, 11) is -4.03. The molecule has 0 aromatic heterocycles. The van der Waals surface area contributed by atoms with Gasteiger partial charge in [0, 0.05) is 0 Å². The summed E-state index contributed by atoms with van der Waals surface area (Å²) in [6.07, 6.45) is 0. The van der Waals surface area contributed by atoms with Gasteiger partial charge in [0.05, 0.1) is 18.1 Å². The number of fused-ring (bicyclic) bond motifs is 1. The third-order valence-corrected chi connectivity index (χ3v) is 4.20. The summed E-state index contributed by atoms with van der Waals surface area (Å²) < 4.78 is 27.2. The summed E-state index contributed by atoms with van der Waals surface area (Å²) in [5.74, 6) is -0.945. The average Bonchev–Trinajstić information content (AvgIpc) is 2.61. The van der Waals surface area contributed by atoms with Gasteiger partial charge < -0.3 is 14.6 Å². The topological polar surface area (TPSA) is 88.8 Å². The number of hydrogen-bond acceptors (Lipinski definition) is 4. The van der Waals surface area contributed by atoms with Crippen LogP contribution in [0.4, 0.5) is 5.69 Å². The molecule has 0 spiro atoms. The molecule has 1 heterocycles. The van der Waals surface area contributed by atoms with Crippen LogP contribution in [0.5, 0.6) is 5.75 Å². The Hall–Kier alpha value is -0.644. The largest absolute Gasteiger partial charge is 1.00 e. The fourth-order valence-corrected chi connectivity index (χ4v) is 3.12. The number of hydrogen-bond donors (Lipinski definition) is 1. The summed E-state index contributed by atoms with van der Waals surface area (Å²) in [4.78, 5) is 11.1. The van der Waals surface area contributed by atoms with Gasteiger partial charge in [-0.25, -0.2) is 8.42 Å². The Labute approximate surface area is 158 Å². The molecule has 0 atom stereocenters. The van der Waals surface area contributed by atoms with Crippen molar-refractivity contribution in [3.05, 3.63) is 41.1 Å². The minimum absolute atomic E-state index is 0. The third kappa shape index (κ3) is 2.71. The van der Waals surface area contributed by atoms with Crippen molar-refractivity contribution in [2.45, 2.75) is 0 Å². The van der Waals surface area contributed by atoms with Gasteiger partial charge in [0.1, 0.15) is 5.75 Å². The van der Waals surface area contributed by atoms with Crippen molar-refractivity contribution in [3.8, 4) is 5.75 Å². The van der Waals surface area contributed by atoms with Crippen molar-refractivity contribution >= 4 is 32.6 Å². The molecule has 1 saturated heterocycles. The van der Waals surface area contributed by atoms with E-state index < -0.39 is 16.1 Å². The summed E-state index contributed by atoms with van der Waals surface area (Å²) >= 11 is 0. The molecule has 0 saturated carbocycles. The number of carbonyl (C=O) groups is 1. The van der Waals surface area contributed by atoms with Gasteiger partial charge >= 0.3 is 51.4 Å². The molecule has 1 amide bonds. The zero-order valence-electron chi connectivity index (χ0n) is 10.6. The molecule has 8 heteroatoms. The van der Waals surface area contributed by atoms with Crippen LogP contribution in [0.15, 0.2) is 36.4 Å². The Morgan fingerprint density at radius 1 is 1.15 bits per heavy atom. The summed E-state index contributed by atoms with van der Waals surface area (Å²) in [5.41, 5.74) is 0.0632. The Bertz CT molecular complexity index is 791. The van der Waals surface area contributed by atoms with Gasteiger partial charge in [0.15, 0.2) is 10.2 Å². The number of rotatable bonds is 1. The zero-order chi connectivity index (χ0) is 13.6. The van der Waals surface area contributed by atoms with E-state index in [9.17, 15) is 18.3 Å². The monoisotopic (exact) mass is 316 g/mol. The van der Waals surface area contributed by atoms with E-state index >= 15 is 0 Å². The number of benzene rings is 2. The quantitative estimate of drug-likeness (QED) is 0.650. The molecule has 1 aliphatic rings. The van der Waals surface area contributed by atoms with Crippen molar-refractivity contribution in [2.75, 3.05) is 10.8 Å². The number of carbonyl (C=O) groups excluding carboxylic acids is 1. The zero-order valence-corrected chi connectivity index (χ0v) is 14.6. The van der Waals surface area contributed by atoms with E-state index in [1.165, 1.54) is 12.1 Å². The van der Waals surface area contributed by atoms with E-state index in [4.69, 9.17) is 0 Å². The van der Waals surface area contributed by atoms with Gasteiger partial charge in [-0.1, -0.05) is 24.3 Å². The number of anilines is 1. The second kappa shape index (κ2) is 5.62. The van der Waals surface area contributed by atoms with Gasteiger partial charge in [-0.2, -0.15) is 0 Å². The first-order valence-electron chi connectivity index (χ1n) is 5.48. The maximum absolute atomic E-state index is 11.7. The second-order valence-corrected chi connectivity index (χ2v) is 5.68. The Balaban J connectivity index is 0.00000147. The number of phenols is 1. The van der Waals surface area contributed by atoms with Gasteiger partial charge in [-0.15, -0.1) is 0 Å². The molecule has 1 aliphatic heterocycles. The van der Waals surface area contributed by atoms with Gasteiger partial charge in [0.2, 0.25) is 0 Å². The van der Waals surface area contributed by atoms with Crippen LogP contribution in [0.2, 0.25) is 0 Å². The molecule has 0 bridgehead atoms. The Kier molecular flexibility index (Phi) is 4.43. The minimum Gasteiger partial charge on any atom is -0.526 e. The van der Waals surface area contributed by atoms with Crippen molar-refractivity contribution in [3.63, 3.8) is 0 Å². The molecular formula is C12H9KN2O4S. The Morgan fingerprint density at radius 3 is 2.30 bits per heavy atom. The number of amides is 1. The molecule has 2 aromatic rings. The van der Waals surface area contributed by atoms with E-state index in [1.54, 1.807) is 18.2 Å². The van der Waals surface area contributed by atoms with Gasteiger partial charge in [-0.3, -0.25) is 4.31 Å². The Morgan fingerprint density at radius 2 is 1.75 bits per heavy atom. The van der Waals surface area contributed by atoms with Crippen molar-refractivity contribution in [1.82, 2.24) is 0 Å². The summed E-state index contributed by atoms with van der Waals surface area (Å²) in [6, 6.07) is 10.2. The molecule has 2 aromatic carbocycles. The van der Waals surface area contributed by atoms with E-state index in [2.05, 4.69) is 4.72 Å². The molecule has 0 aliphatic carbocycles. The van der Waals surface area contributed by atoms with E-state index in [-0.39, 0.29) is 69.4 Å². The SMILES string of the molecule is O=C1CN(c2cc3ccccc3cc2O)S(=O)(=O)[N-]1.[K+]. The second-order valence-electron chi connectivity index (χ2n) is 4.16. The van der Waals surface area contributed by atoms with Crippen LogP contribution in [0.3, 0.4) is 0 Å². The van der Waals surface area contributed by atoms with E-state index in [0.29, 0.717) is 0 Å². The number of nitrogens with zero attached hydrogens (tertiary/aromatic N) is 2. The standard InChI is InChI=1S/C12H10N2O4S.K/c15-11-6-9-4-2-1-3-8(9)5-10(11)14-7-12(16)13-19(14,17)18;/h1-6H,7H2,(H2,13,15,16);/q;+1/p-1. The number of phenolic OH excluding ortho intramolecular Hbond substituents is 1. The molecule has 20 heavy (non-hydrogen) atoms. The van der Waals surface area contributed by atoms with Crippen molar-refractivity contribution in [1.29, 1.82) is 0 Å². The van der Waals surface area contributed by atoms with Crippen LogP contribution in [-0.2, 0) is 15.0 Å². The van der Waals surface area contributed by atoms with Crippen molar-refractivity contribution < 1.29 is 69.7 Å². The molecule has 3 rings (SSSR count). The molecule has 0 unspecified atom stereocenters. The minimum atomic E-state index is -4.03.